The van der Waals surface area contributed by atoms with Crippen molar-refractivity contribution in [3.05, 3.63) is 29.6 Å². The van der Waals surface area contributed by atoms with E-state index in [-0.39, 0.29) is 23.6 Å². The van der Waals surface area contributed by atoms with Crippen molar-refractivity contribution in [1.82, 2.24) is 9.55 Å². The maximum Gasteiger partial charge on any atom is 0.335 e. The number of aliphatic hydroxyl groups excluding tert-OH is 1. The Balaban J connectivity index is 2.78. The first-order valence-corrected chi connectivity index (χ1v) is 6.62. The molecular formula is C15H20N2O3. The van der Waals surface area contributed by atoms with E-state index in [9.17, 15) is 9.90 Å². The van der Waals surface area contributed by atoms with Crippen LogP contribution in [0.1, 0.15) is 49.9 Å². The Bertz CT molecular complexity index is 653. The summed E-state index contributed by atoms with van der Waals surface area (Å²) in [6, 6.07) is 4.73. The fourth-order valence-corrected chi connectivity index (χ4v) is 2.28. The molecule has 0 spiro atoms. The molecule has 0 saturated heterocycles. The lowest BCUT2D eigenvalue weighted by atomic mass is 9.95. The van der Waals surface area contributed by atoms with Crippen LogP contribution in [0.25, 0.3) is 11.0 Å². The summed E-state index contributed by atoms with van der Waals surface area (Å²) in [6.07, 6.45) is 0. The maximum absolute atomic E-state index is 11.1. The lowest BCUT2D eigenvalue weighted by Crippen LogP contribution is -2.22. The van der Waals surface area contributed by atoms with E-state index in [4.69, 9.17) is 5.11 Å². The highest BCUT2D eigenvalue weighted by atomic mass is 16.4. The second-order valence-corrected chi connectivity index (χ2v) is 6.10. The molecule has 0 fully saturated rings. The average Bonchev–Trinajstić information content (AvgIpc) is 2.75. The number of carbonyl (C=O) groups is 1. The van der Waals surface area contributed by atoms with Crippen molar-refractivity contribution in [3.8, 4) is 0 Å². The number of imidazole rings is 1. The van der Waals surface area contributed by atoms with Gasteiger partial charge in [0.2, 0.25) is 0 Å². The van der Waals surface area contributed by atoms with Crippen molar-refractivity contribution in [2.24, 2.45) is 0 Å². The maximum atomic E-state index is 11.1. The zero-order valence-electron chi connectivity index (χ0n) is 12.2. The minimum Gasteiger partial charge on any atom is -0.478 e. The van der Waals surface area contributed by atoms with E-state index in [1.807, 2.05) is 32.3 Å². The second kappa shape index (κ2) is 4.90. The number of carboxylic acids is 1. The fraction of sp³-hybridized carbons (Fsp3) is 0.467. The molecule has 2 rings (SSSR count). The van der Waals surface area contributed by atoms with Crippen LogP contribution in [0.4, 0.5) is 0 Å². The van der Waals surface area contributed by atoms with Gasteiger partial charge in [0.15, 0.2) is 0 Å². The Morgan fingerprint density at radius 2 is 2.05 bits per heavy atom. The summed E-state index contributed by atoms with van der Waals surface area (Å²) < 4.78 is 1.93. The first-order chi connectivity index (χ1) is 9.25. The summed E-state index contributed by atoms with van der Waals surface area (Å²) in [5.74, 6) is -0.120. The van der Waals surface area contributed by atoms with Crippen LogP contribution in [0.5, 0.6) is 0 Å². The highest BCUT2D eigenvalue weighted by Crippen LogP contribution is 2.30. The highest BCUT2D eigenvalue weighted by molar-refractivity contribution is 5.92. The molecule has 20 heavy (non-hydrogen) atoms. The zero-order chi connectivity index (χ0) is 15.1. The molecule has 0 bridgehead atoms. The van der Waals surface area contributed by atoms with Crippen molar-refractivity contribution in [1.29, 1.82) is 0 Å². The van der Waals surface area contributed by atoms with Crippen LogP contribution in [0, 0.1) is 0 Å². The third kappa shape index (κ3) is 2.41. The van der Waals surface area contributed by atoms with Crippen LogP contribution < -0.4 is 0 Å². The van der Waals surface area contributed by atoms with E-state index in [2.05, 4.69) is 4.98 Å². The summed E-state index contributed by atoms with van der Waals surface area (Å²) in [7, 11) is 0. The minimum absolute atomic E-state index is 0.0220. The number of hydrogen-bond acceptors (Lipinski definition) is 3. The van der Waals surface area contributed by atoms with Crippen molar-refractivity contribution in [2.45, 2.75) is 39.2 Å². The van der Waals surface area contributed by atoms with E-state index in [1.54, 1.807) is 18.2 Å². The molecule has 0 aliphatic carbocycles. The smallest absolute Gasteiger partial charge is 0.335 e. The monoisotopic (exact) mass is 276 g/mol. The van der Waals surface area contributed by atoms with Gasteiger partial charge in [0.05, 0.1) is 29.2 Å². The molecule has 1 aromatic carbocycles. The van der Waals surface area contributed by atoms with Gasteiger partial charge >= 0.3 is 5.97 Å². The van der Waals surface area contributed by atoms with Crippen molar-refractivity contribution < 1.29 is 15.0 Å². The van der Waals surface area contributed by atoms with E-state index < -0.39 is 5.97 Å². The van der Waals surface area contributed by atoms with Crippen molar-refractivity contribution in [3.63, 3.8) is 0 Å². The molecule has 0 amide bonds. The molecule has 0 aliphatic heterocycles. The zero-order valence-corrected chi connectivity index (χ0v) is 12.2. The molecule has 0 saturated carbocycles. The van der Waals surface area contributed by atoms with E-state index in [0.29, 0.717) is 0 Å². The predicted molar refractivity (Wildman–Crippen MR) is 77.2 cm³/mol. The van der Waals surface area contributed by atoms with Gasteiger partial charge in [-0.05, 0) is 25.1 Å². The lowest BCUT2D eigenvalue weighted by Gasteiger charge is -2.23. The van der Waals surface area contributed by atoms with Gasteiger partial charge in [-0.1, -0.05) is 20.8 Å². The van der Waals surface area contributed by atoms with Gasteiger partial charge in [-0.25, -0.2) is 9.78 Å². The highest BCUT2D eigenvalue weighted by Gasteiger charge is 2.25. The van der Waals surface area contributed by atoms with Gasteiger partial charge < -0.3 is 14.8 Å². The fourth-order valence-electron chi connectivity index (χ4n) is 2.28. The molecule has 1 atom stereocenters. The molecule has 1 unspecified atom stereocenters. The Labute approximate surface area is 117 Å². The molecule has 1 heterocycles. The summed E-state index contributed by atoms with van der Waals surface area (Å²) in [6.45, 7) is 8.02. The first-order valence-electron chi connectivity index (χ1n) is 6.62. The molecule has 0 radical (unpaired) electrons. The Kier molecular flexibility index (Phi) is 3.56. The summed E-state index contributed by atoms with van der Waals surface area (Å²) in [5, 5.41) is 18.6. The van der Waals surface area contributed by atoms with Crippen LogP contribution in [0.15, 0.2) is 18.2 Å². The van der Waals surface area contributed by atoms with Gasteiger partial charge in [0, 0.05) is 5.41 Å². The number of carboxylic acid groups (broad SMARTS) is 1. The van der Waals surface area contributed by atoms with Crippen LogP contribution >= 0.6 is 0 Å². The SMILES string of the molecule is CC(CO)n1c(C(C)(C)C)nc2ccc(C(=O)O)cc21. The number of aliphatic hydroxyl groups is 1. The average molecular weight is 276 g/mol. The molecule has 0 aliphatic rings. The van der Waals surface area contributed by atoms with Crippen molar-refractivity contribution in [2.75, 3.05) is 6.61 Å². The third-order valence-electron chi connectivity index (χ3n) is 3.31. The number of benzene rings is 1. The Hall–Kier alpha value is -1.88. The van der Waals surface area contributed by atoms with Crippen LogP contribution in [-0.2, 0) is 5.41 Å². The molecular weight excluding hydrogens is 256 g/mol. The third-order valence-corrected chi connectivity index (χ3v) is 3.31. The number of nitrogens with zero attached hydrogens (tertiary/aromatic N) is 2. The van der Waals surface area contributed by atoms with E-state index >= 15 is 0 Å². The van der Waals surface area contributed by atoms with Crippen LogP contribution in [-0.4, -0.2) is 32.3 Å². The molecule has 2 aromatic rings. The second-order valence-electron chi connectivity index (χ2n) is 6.10. The lowest BCUT2D eigenvalue weighted by molar-refractivity contribution is 0.0697. The number of fused-ring (bicyclic) bond motifs is 1. The molecule has 1 aromatic heterocycles. The van der Waals surface area contributed by atoms with Crippen LogP contribution in [0.3, 0.4) is 0 Å². The predicted octanol–water partition coefficient (Wildman–Crippen LogP) is 2.59. The molecule has 5 heteroatoms. The normalized spacial score (nSPS) is 13.7. The van der Waals surface area contributed by atoms with Gasteiger partial charge in [0.25, 0.3) is 0 Å². The van der Waals surface area contributed by atoms with Gasteiger partial charge in [0.1, 0.15) is 5.82 Å². The van der Waals surface area contributed by atoms with Crippen LogP contribution in [0.2, 0.25) is 0 Å². The molecule has 5 nitrogen and oxygen atoms in total. The van der Waals surface area contributed by atoms with Crippen molar-refractivity contribution >= 4 is 17.0 Å². The topological polar surface area (TPSA) is 75.3 Å². The largest absolute Gasteiger partial charge is 0.478 e. The van der Waals surface area contributed by atoms with E-state index in [1.165, 1.54) is 0 Å². The number of aromatic carboxylic acids is 1. The Morgan fingerprint density at radius 3 is 2.55 bits per heavy atom. The summed E-state index contributed by atoms with van der Waals surface area (Å²) in [5.41, 5.74) is 1.53. The molecule has 108 valence electrons. The quantitative estimate of drug-likeness (QED) is 0.903. The standard InChI is InChI=1S/C15H20N2O3/c1-9(8-18)17-12-7-10(13(19)20)5-6-11(12)16-14(17)15(2,3)4/h5-7,9,18H,8H2,1-4H3,(H,19,20). The molecule has 2 N–H and O–H groups in total. The minimum atomic E-state index is -0.964. The van der Waals surface area contributed by atoms with Gasteiger partial charge in [-0.15, -0.1) is 0 Å². The summed E-state index contributed by atoms with van der Waals surface area (Å²) >= 11 is 0. The van der Waals surface area contributed by atoms with E-state index in [0.717, 1.165) is 16.9 Å². The number of hydrogen-bond donors (Lipinski definition) is 2. The number of rotatable bonds is 3. The summed E-state index contributed by atoms with van der Waals surface area (Å²) in [4.78, 5) is 15.7. The Morgan fingerprint density at radius 1 is 1.40 bits per heavy atom. The first kappa shape index (κ1) is 14.5. The van der Waals surface area contributed by atoms with Gasteiger partial charge in [-0.2, -0.15) is 0 Å². The number of aromatic nitrogens is 2. The van der Waals surface area contributed by atoms with Gasteiger partial charge in [-0.3, -0.25) is 0 Å².